The number of nitrogens with zero attached hydrogens (tertiary/aromatic N) is 6. The number of hydrogen-bond donors (Lipinski definition) is 1. The van der Waals surface area contributed by atoms with Gasteiger partial charge >= 0.3 is 0 Å². The lowest BCUT2D eigenvalue weighted by Gasteiger charge is -2.22. The molecule has 0 unspecified atom stereocenters. The zero-order chi connectivity index (χ0) is 19.1. The average Bonchev–Trinajstić information content (AvgIpc) is 3.42. The molecule has 0 saturated heterocycles. The minimum atomic E-state index is 0.479. The van der Waals surface area contributed by atoms with Crippen LogP contribution < -0.4 is 5.32 Å². The number of rotatable bonds is 4. The Morgan fingerprint density at radius 1 is 1.11 bits per heavy atom. The van der Waals surface area contributed by atoms with Crippen LogP contribution in [-0.4, -0.2) is 29.5 Å². The van der Waals surface area contributed by atoms with Crippen LogP contribution in [0.25, 0.3) is 16.8 Å². The summed E-state index contributed by atoms with van der Waals surface area (Å²) < 4.78 is 8.98. The lowest BCUT2D eigenvalue weighted by molar-refractivity contribution is 0.429. The quantitative estimate of drug-likeness (QED) is 0.573. The molecule has 4 aromatic rings. The standard InChI is InChI=1S/C20H23N7O/c1-13-8-19(28-25-13)24-18-9-17(14-6-4-3-5-7-14)23-20-16(11-22-27(18)20)15-10-21-26(2)12-15/h8-12,14,24H,3-7H2,1-2H3. The van der Waals surface area contributed by atoms with E-state index in [1.54, 1.807) is 4.68 Å². The van der Waals surface area contributed by atoms with Gasteiger partial charge in [0.1, 0.15) is 5.82 Å². The first-order valence-electron chi connectivity index (χ1n) is 9.75. The Labute approximate surface area is 162 Å². The highest BCUT2D eigenvalue weighted by atomic mass is 16.5. The molecule has 0 radical (unpaired) electrons. The molecule has 0 bridgehead atoms. The maximum Gasteiger partial charge on any atom is 0.230 e. The van der Waals surface area contributed by atoms with E-state index in [0.29, 0.717) is 11.8 Å². The monoisotopic (exact) mass is 377 g/mol. The van der Waals surface area contributed by atoms with Gasteiger partial charge in [-0.1, -0.05) is 24.4 Å². The molecular weight excluding hydrogens is 354 g/mol. The highest BCUT2D eigenvalue weighted by Crippen LogP contribution is 2.35. The minimum Gasteiger partial charge on any atom is -0.338 e. The summed E-state index contributed by atoms with van der Waals surface area (Å²) in [4.78, 5) is 5.03. The average molecular weight is 377 g/mol. The van der Waals surface area contributed by atoms with Crippen LogP contribution in [0.4, 0.5) is 11.7 Å². The summed E-state index contributed by atoms with van der Waals surface area (Å²) in [7, 11) is 1.91. The van der Waals surface area contributed by atoms with Crippen molar-refractivity contribution in [3.63, 3.8) is 0 Å². The van der Waals surface area contributed by atoms with Crippen LogP contribution in [0, 0.1) is 6.92 Å². The van der Waals surface area contributed by atoms with E-state index in [2.05, 4.69) is 26.7 Å². The van der Waals surface area contributed by atoms with Gasteiger partial charge < -0.3 is 9.84 Å². The zero-order valence-corrected chi connectivity index (χ0v) is 16.1. The molecule has 144 valence electrons. The molecule has 0 amide bonds. The Kier molecular flexibility index (Phi) is 4.11. The summed E-state index contributed by atoms with van der Waals surface area (Å²) >= 11 is 0. The third-order valence-electron chi connectivity index (χ3n) is 5.41. The van der Waals surface area contributed by atoms with Crippen molar-refractivity contribution in [1.82, 2.24) is 29.5 Å². The van der Waals surface area contributed by atoms with Crippen LogP contribution in [0.2, 0.25) is 0 Å². The summed E-state index contributed by atoms with van der Waals surface area (Å²) in [5.41, 5.74) is 4.75. The molecule has 0 atom stereocenters. The van der Waals surface area contributed by atoms with E-state index in [-0.39, 0.29) is 0 Å². The highest BCUT2D eigenvalue weighted by molar-refractivity contribution is 5.78. The third-order valence-corrected chi connectivity index (χ3v) is 5.41. The number of anilines is 2. The van der Waals surface area contributed by atoms with Crippen molar-refractivity contribution in [2.75, 3.05) is 5.32 Å². The van der Waals surface area contributed by atoms with E-state index in [9.17, 15) is 0 Å². The molecule has 1 saturated carbocycles. The van der Waals surface area contributed by atoms with E-state index in [0.717, 1.165) is 34.0 Å². The SMILES string of the molecule is Cc1cc(Nc2cc(C3CCCCC3)nc3c(-c4cnn(C)c4)cnn23)on1. The minimum absolute atomic E-state index is 0.479. The van der Waals surface area contributed by atoms with Gasteiger partial charge in [0.25, 0.3) is 0 Å². The number of nitrogens with one attached hydrogen (secondary N) is 1. The Hall–Kier alpha value is -3.16. The summed E-state index contributed by atoms with van der Waals surface area (Å²) in [5.74, 6) is 1.90. The second-order valence-corrected chi connectivity index (χ2v) is 7.56. The van der Waals surface area contributed by atoms with Crippen molar-refractivity contribution in [3.8, 4) is 11.1 Å². The third kappa shape index (κ3) is 3.04. The predicted molar refractivity (Wildman–Crippen MR) is 106 cm³/mol. The molecule has 0 spiro atoms. The van der Waals surface area contributed by atoms with Crippen LogP contribution in [0.15, 0.2) is 35.2 Å². The summed E-state index contributed by atoms with van der Waals surface area (Å²) in [6, 6.07) is 3.97. The first kappa shape index (κ1) is 17.0. The van der Waals surface area contributed by atoms with Gasteiger partial charge in [-0.2, -0.15) is 14.7 Å². The van der Waals surface area contributed by atoms with Crippen molar-refractivity contribution in [3.05, 3.63) is 42.1 Å². The van der Waals surface area contributed by atoms with Crippen molar-refractivity contribution < 1.29 is 4.52 Å². The Bertz CT molecular complexity index is 1120. The Morgan fingerprint density at radius 2 is 1.96 bits per heavy atom. The molecule has 28 heavy (non-hydrogen) atoms. The molecule has 1 N–H and O–H groups in total. The van der Waals surface area contributed by atoms with Crippen LogP contribution >= 0.6 is 0 Å². The summed E-state index contributed by atoms with van der Waals surface area (Å²) in [6.07, 6.45) is 11.9. The van der Waals surface area contributed by atoms with Crippen molar-refractivity contribution in [2.24, 2.45) is 7.05 Å². The lowest BCUT2D eigenvalue weighted by Crippen LogP contribution is -2.10. The maximum absolute atomic E-state index is 5.36. The van der Waals surface area contributed by atoms with Crippen molar-refractivity contribution >= 4 is 17.3 Å². The molecule has 8 heteroatoms. The van der Waals surface area contributed by atoms with Crippen molar-refractivity contribution in [1.29, 1.82) is 0 Å². The molecule has 8 nitrogen and oxygen atoms in total. The number of fused-ring (bicyclic) bond motifs is 1. The van der Waals surface area contributed by atoms with Gasteiger partial charge in [0.2, 0.25) is 5.88 Å². The second kappa shape index (κ2) is 6.78. The van der Waals surface area contributed by atoms with E-state index in [1.807, 2.05) is 43.1 Å². The highest BCUT2D eigenvalue weighted by Gasteiger charge is 2.21. The number of hydrogen-bond acceptors (Lipinski definition) is 6. The predicted octanol–water partition coefficient (Wildman–Crippen LogP) is 4.22. The van der Waals surface area contributed by atoms with Crippen molar-refractivity contribution in [2.45, 2.75) is 44.9 Å². The molecular formula is C20H23N7O. The summed E-state index contributed by atoms with van der Waals surface area (Å²) in [6.45, 7) is 1.90. The van der Waals surface area contributed by atoms with Gasteiger partial charge in [-0.05, 0) is 19.8 Å². The maximum atomic E-state index is 5.36. The molecule has 0 aromatic carbocycles. The van der Waals surface area contributed by atoms with Gasteiger partial charge in [-0.25, -0.2) is 4.98 Å². The topological polar surface area (TPSA) is 86.1 Å². The zero-order valence-electron chi connectivity index (χ0n) is 16.1. The molecule has 0 aliphatic heterocycles. The van der Waals surface area contributed by atoms with Gasteiger partial charge in [-0.15, -0.1) is 0 Å². The normalized spacial score (nSPS) is 15.4. The van der Waals surface area contributed by atoms with E-state index >= 15 is 0 Å². The fraction of sp³-hybridized carbons (Fsp3) is 0.400. The van der Waals surface area contributed by atoms with Gasteiger partial charge in [0.15, 0.2) is 5.65 Å². The van der Waals surface area contributed by atoms with Gasteiger partial charge in [0.05, 0.1) is 18.1 Å². The molecule has 5 rings (SSSR count). The second-order valence-electron chi connectivity index (χ2n) is 7.56. The van der Waals surface area contributed by atoms with Crippen LogP contribution in [0.1, 0.15) is 49.4 Å². The van der Waals surface area contributed by atoms with E-state index in [1.165, 1.54) is 32.1 Å². The van der Waals surface area contributed by atoms with Gasteiger partial charge in [0, 0.05) is 48.1 Å². The molecule has 1 aliphatic rings. The van der Waals surface area contributed by atoms with Crippen LogP contribution in [0.5, 0.6) is 0 Å². The molecule has 4 aromatic heterocycles. The molecule has 4 heterocycles. The van der Waals surface area contributed by atoms with E-state index < -0.39 is 0 Å². The first-order valence-corrected chi connectivity index (χ1v) is 9.75. The summed E-state index contributed by atoms with van der Waals surface area (Å²) in [5, 5.41) is 16.2. The Balaban J connectivity index is 1.64. The Morgan fingerprint density at radius 3 is 2.68 bits per heavy atom. The smallest absolute Gasteiger partial charge is 0.230 e. The van der Waals surface area contributed by atoms with E-state index in [4.69, 9.17) is 9.51 Å². The van der Waals surface area contributed by atoms with Crippen LogP contribution in [-0.2, 0) is 7.05 Å². The van der Waals surface area contributed by atoms with Gasteiger partial charge in [-0.3, -0.25) is 4.68 Å². The number of aromatic nitrogens is 6. The molecule has 1 aliphatic carbocycles. The largest absolute Gasteiger partial charge is 0.338 e. The van der Waals surface area contributed by atoms with Crippen LogP contribution in [0.3, 0.4) is 0 Å². The molecule has 1 fully saturated rings. The number of aryl methyl sites for hydroxylation is 2. The first-order chi connectivity index (χ1) is 13.7. The fourth-order valence-electron chi connectivity index (χ4n) is 3.99. The lowest BCUT2D eigenvalue weighted by atomic mass is 9.87. The fourth-order valence-corrected chi connectivity index (χ4v) is 3.99.